The van der Waals surface area contributed by atoms with E-state index in [0.29, 0.717) is 0 Å². The fourth-order valence-electron chi connectivity index (χ4n) is 8.56. The minimum absolute atomic E-state index is 0.881. The highest BCUT2D eigenvalue weighted by Crippen LogP contribution is 2.55. The lowest BCUT2D eigenvalue weighted by Crippen LogP contribution is -2.01. The Bertz CT molecular complexity index is 2980. The topological polar surface area (TPSA) is 9.23 Å². The van der Waals surface area contributed by atoms with Crippen molar-refractivity contribution in [3.63, 3.8) is 0 Å². The zero-order valence-electron chi connectivity index (χ0n) is 27.7. The third-order valence-corrected chi connectivity index (χ3v) is 10.8. The Morgan fingerprint density at radius 1 is 0.275 bits per heavy atom. The fraction of sp³-hybridized carbons (Fsp3) is 0. The van der Waals surface area contributed by atoms with E-state index in [4.69, 9.17) is 4.74 Å². The molecule has 0 aromatic heterocycles. The lowest BCUT2D eigenvalue weighted by atomic mass is 9.81. The lowest BCUT2D eigenvalue weighted by Gasteiger charge is -2.27. The first-order valence-electron chi connectivity index (χ1n) is 17.6. The second kappa shape index (κ2) is 10.9. The van der Waals surface area contributed by atoms with Gasteiger partial charge in [0.15, 0.2) is 0 Å². The zero-order valence-corrected chi connectivity index (χ0v) is 27.7. The monoisotopic (exact) mass is 646 g/mol. The lowest BCUT2D eigenvalue weighted by molar-refractivity contribution is 0.487. The number of ether oxygens (including phenoxy) is 1. The van der Waals surface area contributed by atoms with Crippen molar-refractivity contribution in [1.82, 2.24) is 0 Å². The van der Waals surface area contributed by atoms with Crippen LogP contribution in [-0.2, 0) is 0 Å². The molecule has 236 valence electrons. The molecule has 0 atom stereocenters. The summed E-state index contributed by atoms with van der Waals surface area (Å²) in [4.78, 5) is 0. The summed E-state index contributed by atoms with van der Waals surface area (Å²) in [5, 5.41) is 12.3. The first-order chi connectivity index (χ1) is 25.3. The van der Waals surface area contributed by atoms with Gasteiger partial charge in [-0.25, -0.2) is 0 Å². The van der Waals surface area contributed by atoms with Crippen molar-refractivity contribution in [1.29, 1.82) is 0 Å². The minimum Gasteiger partial charge on any atom is -0.456 e. The second-order valence-electron chi connectivity index (χ2n) is 13.6. The Kier molecular flexibility index (Phi) is 6.02. The van der Waals surface area contributed by atoms with Crippen molar-refractivity contribution in [3.8, 4) is 56.0 Å². The summed E-state index contributed by atoms with van der Waals surface area (Å²) < 4.78 is 6.98. The minimum atomic E-state index is 0.881. The maximum atomic E-state index is 6.98. The van der Waals surface area contributed by atoms with E-state index in [1.165, 1.54) is 81.9 Å². The van der Waals surface area contributed by atoms with Crippen molar-refractivity contribution < 1.29 is 4.74 Å². The van der Waals surface area contributed by atoms with Crippen LogP contribution in [0.4, 0.5) is 0 Å². The number of benzene rings is 10. The van der Waals surface area contributed by atoms with Crippen LogP contribution in [0.25, 0.3) is 98.4 Å². The molecule has 0 saturated carbocycles. The van der Waals surface area contributed by atoms with Crippen LogP contribution in [0.3, 0.4) is 0 Å². The number of hydrogen-bond acceptors (Lipinski definition) is 1. The van der Waals surface area contributed by atoms with Crippen molar-refractivity contribution in [2.45, 2.75) is 0 Å². The van der Waals surface area contributed by atoms with Gasteiger partial charge in [-0.1, -0.05) is 152 Å². The molecule has 0 saturated heterocycles. The van der Waals surface area contributed by atoms with Crippen molar-refractivity contribution >= 4 is 53.9 Å². The summed E-state index contributed by atoms with van der Waals surface area (Å²) in [6, 6.07) is 66.2. The summed E-state index contributed by atoms with van der Waals surface area (Å²) >= 11 is 0. The van der Waals surface area contributed by atoms with Gasteiger partial charge < -0.3 is 4.74 Å². The summed E-state index contributed by atoms with van der Waals surface area (Å²) in [7, 11) is 0. The fourth-order valence-corrected chi connectivity index (χ4v) is 8.56. The molecule has 0 spiro atoms. The van der Waals surface area contributed by atoms with Crippen LogP contribution in [0.15, 0.2) is 182 Å². The van der Waals surface area contributed by atoms with E-state index in [0.717, 1.165) is 28.0 Å². The zero-order chi connectivity index (χ0) is 33.5. The van der Waals surface area contributed by atoms with Crippen molar-refractivity contribution in [2.24, 2.45) is 0 Å². The van der Waals surface area contributed by atoms with Crippen LogP contribution in [-0.4, -0.2) is 0 Å². The normalized spacial score (nSPS) is 12.1. The Labute approximate surface area is 295 Å². The number of fused-ring (bicyclic) bond motifs is 7. The molecule has 0 fully saturated rings. The van der Waals surface area contributed by atoms with Crippen LogP contribution in [0.2, 0.25) is 0 Å². The average molecular weight is 647 g/mol. The van der Waals surface area contributed by atoms with Crippen molar-refractivity contribution in [2.75, 3.05) is 0 Å². The van der Waals surface area contributed by atoms with Crippen LogP contribution < -0.4 is 4.74 Å². The van der Waals surface area contributed by atoms with Gasteiger partial charge in [-0.3, -0.25) is 0 Å². The predicted octanol–water partition coefficient (Wildman–Crippen LogP) is 14.2. The van der Waals surface area contributed by atoms with E-state index in [2.05, 4.69) is 182 Å². The molecule has 11 rings (SSSR count). The van der Waals surface area contributed by atoms with E-state index in [9.17, 15) is 0 Å². The van der Waals surface area contributed by atoms with Crippen molar-refractivity contribution in [3.05, 3.63) is 182 Å². The van der Waals surface area contributed by atoms with E-state index < -0.39 is 0 Å². The van der Waals surface area contributed by atoms with Crippen LogP contribution in [0.1, 0.15) is 0 Å². The first-order valence-corrected chi connectivity index (χ1v) is 17.6. The Balaban J connectivity index is 1.25. The molecule has 0 aliphatic carbocycles. The molecule has 0 unspecified atom stereocenters. The highest BCUT2D eigenvalue weighted by atomic mass is 16.5. The molecule has 0 bridgehead atoms. The Morgan fingerprint density at radius 2 is 0.922 bits per heavy atom. The highest BCUT2D eigenvalue weighted by molar-refractivity contribution is 6.26. The molecule has 0 radical (unpaired) electrons. The highest BCUT2D eigenvalue weighted by Gasteiger charge is 2.28. The quantitative estimate of drug-likeness (QED) is 0.137. The smallest absolute Gasteiger partial charge is 0.135 e. The second-order valence-corrected chi connectivity index (χ2v) is 13.6. The third-order valence-electron chi connectivity index (χ3n) is 10.8. The van der Waals surface area contributed by atoms with Gasteiger partial charge in [-0.2, -0.15) is 0 Å². The maximum Gasteiger partial charge on any atom is 0.135 e. The predicted molar refractivity (Wildman–Crippen MR) is 216 cm³/mol. The molecular weight excluding hydrogens is 617 g/mol. The maximum absolute atomic E-state index is 6.98. The average Bonchev–Trinajstić information content (AvgIpc) is 3.20. The largest absolute Gasteiger partial charge is 0.456 e. The van der Waals surface area contributed by atoms with Crippen LogP contribution in [0.5, 0.6) is 11.5 Å². The first kappa shape index (κ1) is 28.2. The Morgan fingerprint density at radius 3 is 1.73 bits per heavy atom. The molecule has 1 nitrogen and oxygen atoms in total. The SMILES string of the molecule is c1ccc(-c2ccc3c(-c4cccc5ccccc45)c4c5c(cccc5c3c2)Oc2cc(-c3c5ccccc5cc5ccccc35)ccc2-4)cc1. The third kappa shape index (κ3) is 4.22. The van der Waals surface area contributed by atoms with Gasteiger partial charge in [0, 0.05) is 16.5 Å². The molecule has 1 heterocycles. The molecule has 51 heavy (non-hydrogen) atoms. The summed E-state index contributed by atoms with van der Waals surface area (Å²) in [5.41, 5.74) is 9.62. The molecule has 1 heteroatoms. The van der Waals surface area contributed by atoms with Gasteiger partial charge in [0.05, 0.1) is 0 Å². The van der Waals surface area contributed by atoms with Gasteiger partial charge in [-0.05, 0) is 112 Å². The molecule has 1 aliphatic heterocycles. The van der Waals surface area contributed by atoms with Gasteiger partial charge >= 0.3 is 0 Å². The van der Waals surface area contributed by atoms with E-state index in [1.54, 1.807) is 0 Å². The molecule has 10 aromatic carbocycles. The van der Waals surface area contributed by atoms with Gasteiger partial charge in [0.2, 0.25) is 0 Å². The van der Waals surface area contributed by atoms with Crippen LogP contribution in [0, 0.1) is 0 Å². The van der Waals surface area contributed by atoms with Gasteiger partial charge in [0.25, 0.3) is 0 Å². The molecule has 0 amide bonds. The van der Waals surface area contributed by atoms with E-state index >= 15 is 0 Å². The number of hydrogen-bond donors (Lipinski definition) is 0. The summed E-state index contributed by atoms with van der Waals surface area (Å²) in [6.45, 7) is 0. The van der Waals surface area contributed by atoms with Gasteiger partial charge in [0.1, 0.15) is 11.5 Å². The molecule has 0 N–H and O–H groups in total. The summed E-state index contributed by atoms with van der Waals surface area (Å²) in [5.74, 6) is 1.77. The molecule has 10 aromatic rings. The van der Waals surface area contributed by atoms with E-state index in [-0.39, 0.29) is 0 Å². The van der Waals surface area contributed by atoms with Gasteiger partial charge in [-0.15, -0.1) is 0 Å². The number of rotatable bonds is 3. The molecular formula is C50H30O. The molecule has 1 aliphatic rings. The standard InChI is InChI=1S/C50H30O/c1-2-12-31(13-3-1)33-24-26-42-44(29-33)41-22-11-23-45-49(41)50(48(42)40-21-10-17-32-14-4-7-18-37(32)40)43-27-25-36(30-46(43)51-45)47-38-19-8-5-15-34(38)28-35-16-6-9-20-39(35)47/h1-30H. The Hall–Kier alpha value is -6.70. The summed E-state index contributed by atoms with van der Waals surface area (Å²) in [6.07, 6.45) is 0. The van der Waals surface area contributed by atoms with E-state index in [1.807, 2.05) is 0 Å². The van der Waals surface area contributed by atoms with Crippen LogP contribution >= 0.6 is 0 Å².